The van der Waals surface area contributed by atoms with Gasteiger partial charge in [0.1, 0.15) is 0 Å². The molecule has 0 radical (unpaired) electrons. The van der Waals surface area contributed by atoms with Gasteiger partial charge in [-0.1, -0.05) is 6.07 Å². The van der Waals surface area contributed by atoms with Gasteiger partial charge >= 0.3 is 0 Å². The monoisotopic (exact) mass is 279 g/mol. The van der Waals surface area contributed by atoms with E-state index in [4.69, 9.17) is 9.47 Å². The highest BCUT2D eigenvalue weighted by atomic mass is 16.5. The van der Waals surface area contributed by atoms with Crippen molar-refractivity contribution in [3.8, 4) is 0 Å². The highest BCUT2D eigenvalue weighted by molar-refractivity contribution is 5.94. The second-order valence-electron chi connectivity index (χ2n) is 5.00. The molecule has 1 N–H and O–H groups in total. The molecule has 1 amide bonds. The van der Waals surface area contributed by atoms with E-state index in [0.717, 1.165) is 11.1 Å². The molecule has 110 valence electrons. The van der Waals surface area contributed by atoms with E-state index in [1.54, 1.807) is 24.1 Å². The van der Waals surface area contributed by atoms with E-state index >= 15 is 0 Å². The summed E-state index contributed by atoms with van der Waals surface area (Å²) in [6.07, 6.45) is -0.0690. The minimum atomic E-state index is -0.0690. The second kappa shape index (κ2) is 6.83. The number of aliphatic hydroxyl groups is 1. The summed E-state index contributed by atoms with van der Waals surface area (Å²) in [5.74, 6) is -0.0240. The van der Waals surface area contributed by atoms with Crippen LogP contribution in [-0.4, -0.2) is 55.4 Å². The number of benzene rings is 1. The van der Waals surface area contributed by atoms with Gasteiger partial charge in [0.25, 0.3) is 5.91 Å². The number of amides is 1. The van der Waals surface area contributed by atoms with E-state index in [1.165, 1.54) is 0 Å². The van der Waals surface area contributed by atoms with Crippen LogP contribution in [-0.2, 0) is 16.1 Å². The zero-order valence-corrected chi connectivity index (χ0v) is 12.0. The van der Waals surface area contributed by atoms with E-state index in [0.29, 0.717) is 31.9 Å². The SMILES string of the molecule is COC[C@@H]1CN(C(=O)c2ccc(C)c(CO)c2)CCO1. The maximum absolute atomic E-state index is 12.5. The standard InChI is InChI=1S/C15H21NO4/c1-11-3-4-12(7-13(11)9-17)15(18)16-5-6-20-14(8-16)10-19-2/h3-4,7,14,17H,5-6,8-10H2,1-2H3/t14-/m0/s1. The van der Waals surface area contributed by atoms with E-state index < -0.39 is 0 Å². The second-order valence-corrected chi connectivity index (χ2v) is 5.00. The topological polar surface area (TPSA) is 59.0 Å². The Hall–Kier alpha value is -1.43. The molecule has 0 spiro atoms. The summed E-state index contributed by atoms with van der Waals surface area (Å²) in [6.45, 7) is 4.00. The molecule has 1 saturated heterocycles. The highest BCUT2D eigenvalue weighted by Crippen LogP contribution is 2.15. The van der Waals surface area contributed by atoms with Crippen molar-refractivity contribution < 1.29 is 19.4 Å². The van der Waals surface area contributed by atoms with Crippen molar-refractivity contribution in [2.24, 2.45) is 0 Å². The molecular formula is C15H21NO4. The third-order valence-corrected chi connectivity index (χ3v) is 3.54. The summed E-state index contributed by atoms with van der Waals surface area (Å²) >= 11 is 0. The van der Waals surface area contributed by atoms with Crippen LogP contribution in [0.5, 0.6) is 0 Å². The Morgan fingerprint density at radius 3 is 3.05 bits per heavy atom. The average molecular weight is 279 g/mol. The molecule has 1 aliphatic rings. The Morgan fingerprint density at radius 1 is 1.55 bits per heavy atom. The maximum Gasteiger partial charge on any atom is 0.254 e. The zero-order chi connectivity index (χ0) is 14.5. The van der Waals surface area contributed by atoms with Gasteiger partial charge in [-0.05, 0) is 30.2 Å². The molecule has 1 aromatic carbocycles. The van der Waals surface area contributed by atoms with Crippen molar-refractivity contribution >= 4 is 5.91 Å². The Morgan fingerprint density at radius 2 is 2.35 bits per heavy atom. The third-order valence-electron chi connectivity index (χ3n) is 3.54. The molecular weight excluding hydrogens is 258 g/mol. The average Bonchev–Trinajstić information content (AvgIpc) is 2.48. The lowest BCUT2D eigenvalue weighted by Gasteiger charge is -2.32. The molecule has 5 nitrogen and oxygen atoms in total. The lowest BCUT2D eigenvalue weighted by atomic mass is 10.0. The number of hydrogen-bond acceptors (Lipinski definition) is 4. The molecule has 0 unspecified atom stereocenters. The van der Waals surface area contributed by atoms with Crippen molar-refractivity contribution in [2.45, 2.75) is 19.6 Å². The van der Waals surface area contributed by atoms with Crippen LogP contribution in [0.3, 0.4) is 0 Å². The normalized spacial score (nSPS) is 19.1. The molecule has 1 heterocycles. The van der Waals surface area contributed by atoms with Gasteiger partial charge in [-0.25, -0.2) is 0 Å². The molecule has 1 aliphatic heterocycles. The summed E-state index contributed by atoms with van der Waals surface area (Å²) in [7, 11) is 1.62. The number of rotatable bonds is 4. The van der Waals surface area contributed by atoms with Crippen LogP contribution in [0.4, 0.5) is 0 Å². The van der Waals surface area contributed by atoms with E-state index in [2.05, 4.69) is 0 Å². The predicted molar refractivity (Wildman–Crippen MR) is 74.6 cm³/mol. The van der Waals surface area contributed by atoms with Crippen LogP contribution < -0.4 is 0 Å². The van der Waals surface area contributed by atoms with Crippen LogP contribution in [0, 0.1) is 6.92 Å². The van der Waals surface area contributed by atoms with Crippen LogP contribution in [0.2, 0.25) is 0 Å². The first-order valence-electron chi connectivity index (χ1n) is 6.76. The Kier molecular flexibility index (Phi) is 5.11. The number of carbonyl (C=O) groups excluding carboxylic acids is 1. The van der Waals surface area contributed by atoms with Gasteiger partial charge in [0.15, 0.2) is 0 Å². The quantitative estimate of drug-likeness (QED) is 0.892. The largest absolute Gasteiger partial charge is 0.392 e. The zero-order valence-electron chi connectivity index (χ0n) is 12.0. The summed E-state index contributed by atoms with van der Waals surface area (Å²) < 4.78 is 10.6. The predicted octanol–water partition coefficient (Wildman–Crippen LogP) is 0.975. The van der Waals surface area contributed by atoms with Crippen molar-refractivity contribution in [2.75, 3.05) is 33.4 Å². The molecule has 1 aromatic rings. The van der Waals surface area contributed by atoms with Crippen molar-refractivity contribution in [1.82, 2.24) is 4.90 Å². The number of aliphatic hydroxyl groups excluding tert-OH is 1. The summed E-state index contributed by atoms with van der Waals surface area (Å²) in [5, 5.41) is 9.29. The number of nitrogens with zero attached hydrogens (tertiary/aromatic N) is 1. The van der Waals surface area contributed by atoms with Crippen LogP contribution in [0.15, 0.2) is 18.2 Å². The number of hydrogen-bond donors (Lipinski definition) is 1. The number of morpholine rings is 1. The van der Waals surface area contributed by atoms with Crippen molar-refractivity contribution in [3.05, 3.63) is 34.9 Å². The molecule has 0 aliphatic carbocycles. The van der Waals surface area contributed by atoms with Gasteiger partial charge in [0.2, 0.25) is 0 Å². The molecule has 0 aromatic heterocycles. The van der Waals surface area contributed by atoms with E-state index in [-0.39, 0.29) is 18.6 Å². The minimum absolute atomic E-state index is 0.0240. The fourth-order valence-electron chi connectivity index (χ4n) is 2.35. The summed E-state index contributed by atoms with van der Waals surface area (Å²) in [6, 6.07) is 5.43. The Balaban J connectivity index is 2.10. The number of aryl methyl sites for hydroxylation is 1. The Bertz CT molecular complexity index is 473. The fraction of sp³-hybridized carbons (Fsp3) is 0.533. The number of ether oxygens (including phenoxy) is 2. The summed E-state index contributed by atoms with van der Waals surface area (Å²) in [5.41, 5.74) is 2.39. The number of methoxy groups -OCH3 is 1. The first-order chi connectivity index (χ1) is 9.65. The first kappa shape index (κ1) is 15.0. The molecule has 2 rings (SSSR count). The van der Waals surface area contributed by atoms with E-state index in [1.807, 2.05) is 13.0 Å². The molecule has 1 fully saturated rings. The lowest BCUT2D eigenvalue weighted by molar-refractivity contribution is -0.0531. The van der Waals surface area contributed by atoms with Gasteiger partial charge in [0, 0.05) is 25.8 Å². The third kappa shape index (κ3) is 3.36. The number of carbonyl (C=O) groups is 1. The fourth-order valence-corrected chi connectivity index (χ4v) is 2.35. The smallest absolute Gasteiger partial charge is 0.254 e. The minimum Gasteiger partial charge on any atom is -0.392 e. The van der Waals surface area contributed by atoms with Gasteiger partial charge in [-0.15, -0.1) is 0 Å². The Labute approximate surface area is 119 Å². The van der Waals surface area contributed by atoms with Gasteiger partial charge in [0.05, 0.1) is 25.9 Å². The molecule has 20 heavy (non-hydrogen) atoms. The molecule has 0 saturated carbocycles. The van der Waals surface area contributed by atoms with Gasteiger partial charge in [-0.2, -0.15) is 0 Å². The maximum atomic E-state index is 12.5. The van der Waals surface area contributed by atoms with E-state index in [9.17, 15) is 9.90 Å². The molecule has 0 bridgehead atoms. The lowest BCUT2D eigenvalue weighted by Crippen LogP contribution is -2.47. The first-order valence-corrected chi connectivity index (χ1v) is 6.76. The molecule has 1 atom stereocenters. The molecule has 5 heteroatoms. The summed E-state index contributed by atoms with van der Waals surface area (Å²) in [4.78, 5) is 14.3. The van der Waals surface area contributed by atoms with Gasteiger partial charge < -0.3 is 19.5 Å². The van der Waals surface area contributed by atoms with Gasteiger partial charge in [-0.3, -0.25) is 4.79 Å². The van der Waals surface area contributed by atoms with Crippen LogP contribution in [0.25, 0.3) is 0 Å². The van der Waals surface area contributed by atoms with Crippen LogP contribution >= 0.6 is 0 Å². The van der Waals surface area contributed by atoms with Crippen molar-refractivity contribution in [3.63, 3.8) is 0 Å². The van der Waals surface area contributed by atoms with Crippen molar-refractivity contribution in [1.29, 1.82) is 0 Å². The highest BCUT2D eigenvalue weighted by Gasteiger charge is 2.25. The van der Waals surface area contributed by atoms with Crippen LogP contribution in [0.1, 0.15) is 21.5 Å².